The van der Waals surface area contributed by atoms with E-state index in [1.165, 1.54) is 4.90 Å². The maximum absolute atomic E-state index is 13.3. The van der Waals surface area contributed by atoms with E-state index in [4.69, 9.17) is 26.6 Å². The average molecular weight is 579 g/mol. The maximum atomic E-state index is 13.3. The highest BCUT2D eigenvalue weighted by atomic mass is 35.5. The second-order valence-electron chi connectivity index (χ2n) is 9.36. The molecule has 0 bridgehead atoms. The molecule has 4 N–H and O–H groups in total. The number of nitrogens with one attached hydrogen (secondary N) is 2. The summed E-state index contributed by atoms with van der Waals surface area (Å²) in [6.07, 6.45) is -3.38. The Morgan fingerprint density at radius 2 is 1.57 bits per heavy atom. The Hall–Kier alpha value is -4.16. The average Bonchev–Trinajstić information content (AvgIpc) is 2.88. The fourth-order valence-electron chi connectivity index (χ4n) is 4.85. The monoisotopic (exact) mass is 578 g/mol. The molecule has 3 aromatic carbocycles. The third kappa shape index (κ3) is 6.18. The lowest BCUT2D eigenvalue weighted by atomic mass is 9.92. The molecule has 1 fully saturated rings. The Kier molecular flexibility index (Phi) is 8.31. The first-order chi connectivity index (χ1) is 18.9. The summed E-state index contributed by atoms with van der Waals surface area (Å²) in [7, 11) is 0. The molecule has 2 aliphatic heterocycles. The number of carboxylic acid groups (broad SMARTS) is 2. The van der Waals surface area contributed by atoms with E-state index in [-0.39, 0.29) is 24.4 Å². The molecule has 0 atom stereocenters. The van der Waals surface area contributed by atoms with Crippen LogP contribution in [-0.4, -0.2) is 65.8 Å². The number of piperidine rings is 1. The van der Waals surface area contributed by atoms with E-state index >= 15 is 0 Å². The van der Waals surface area contributed by atoms with Crippen molar-refractivity contribution in [3.8, 4) is 0 Å². The van der Waals surface area contributed by atoms with E-state index in [2.05, 4.69) is 5.32 Å². The van der Waals surface area contributed by atoms with E-state index < -0.39 is 18.1 Å². The van der Waals surface area contributed by atoms with Crippen LogP contribution >= 0.6 is 11.6 Å². The van der Waals surface area contributed by atoms with Gasteiger partial charge in [0.25, 0.3) is 11.8 Å². The van der Waals surface area contributed by atoms with Gasteiger partial charge in [-0.1, -0.05) is 29.8 Å². The Morgan fingerprint density at radius 3 is 2.15 bits per heavy atom. The van der Waals surface area contributed by atoms with Crippen molar-refractivity contribution in [2.45, 2.75) is 25.1 Å². The van der Waals surface area contributed by atoms with Crippen LogP contribution in [0.25, 0.3) is 10.8 Å². The summed E-state index contributed by atoms with van der Waals surface area (Å²) in [6.45, 7) is 1.72. The molecule has 0 saturated carbocycles. The third-order valence-corrected chi connectivity index (χ3v) is 6.91. The van der Waals surface area contributed by atoms with Crippen LogP contribution in [0, 0.1) is 0 Å². The topological polar surface area (TPSA) is 128 Å². The summed E-state index contributed by atoms with van der Waals surface area (Å²) >= 11 is 6.10. The van der Waals surface area contributed by atoms with Crippen molar-refractivity contribution in [2.24, 2.45) is 0 Å². The number of nitrogens with zero attached hydrogens (tertiary/aromatic N) is 1. The molecule has 13 heteroatoms. The molecule has 40 heavy (non-hydrogen) atoms. The minimum Gasteiger partial charge on any atom is -0.477 e. The van der Waals surface area contributed by atoms with Crippen LogP contribution < -0.4 is 15.1 Å². The van der Waals surface area contributed by atoms with E-state index in [9.17, 15) is 27.6 Å². The molecule has 210 valence electrons. The van der Waals surface area contributed by atoms with Gasteiger partial charge in [-0.05, 0) is 36.4 Å². The van der Waals surface area contributed by atoms with Crippen molar-refractivity contribution in [2.75, 3.05) is 29.9 Å². The molecule has 2 aliphatic rings. The Balaban J connectivity index is 0.000000470. The van der Waals surface area contributed by atoms with Crippen molar-refractivity contribution in [1.82, 2.24) is 0 Å². The number of hydrogen-bond acceptors (Lipinski definition) is 5. The van der Waals surface area contributed by atoms with Crippen LogP contribution in [0.5, 0.6) is 0 Å². The van der Waals surface area contributed by atoms with E-state index in [0.717, 1.165) is 41.9 Å². The summed E-state index contributed by atoms with van der Waals surface area (Å²) in [4.78, 5) is 48.8. The largest absolute Gasteiger partial charge is 0.490 e. The summed E-state index contributed by atoms with van der Waals surface area (Å²) in [5.74, 6) is -4.28. The molecule has 0 radical (unpaired) electrons. The molecular formula is C27H24ClF3N3O6+. The van der Waals surface area contributed by atoms with E-state index in [0.29, 0.717) is 27.2 Å². The van der Waals surface area contributed by atoms with Gasteiger partial charge in [-0.2, -0.15) is 13.2 Å². The molecular weight excluding hydrogens is 555 g/mol. The Morgan fingerprint density at radius 1 is 0.975 bits per heavy atom. The van der Waals surface area contributed by atoms with Gasteiger partial charge in [0.1, 0.15) is 0 Å². The van der Waals surface area contributed by atoms with Crippen LogP contribution in [0.1, 0.15) is 33.6 Å². The fourth-order valence-corrected chi connectivity index (χ4v) is 5.04. The fraction of sp³-hybridized carbons (Fsp3) is 0.259. The number of anilines is 2. The van der Waals surface area contributed by atoms with Crippen LogP contribution in [0.15, 0.2) is 54.6 Å². The number of carbonyl (C=O) groups excluding carboxylic acids is 2. The molecule has 0 spiro atoms. The number of carboxylic acids is 2. The van der Waals surface area contributed by atoms with Crippen LogP contribution in [-0.2, 0) is 9.59 Å². The van der Waals surface area contributed by atoms with Gasteiger partial charge in [0.2, 0.25) is 0 Å². The van der Waals surface area contributed by atoms with Gasteiger partial charge in [0.05, 0.1) is 18.8 Å². The van der Waals surface area contributed by atoms with Crippen molar-refractivity contribution >= 4 is 57.5 Å². The van der Waals surface area contributed by atoms with E-state index in [1.54, 1.807) is 36.4 Å². The van der Waals surface area contributed by atoms with Gasteiger partial charge in [-0.3, -0.25) is 9.59 Å². The van der Waals surface area contributed by atoms with Gasteiger partial charge < -0.3 is 20.4 Å². The Labute approximate surface area is 230 Å². The van der Waals surface area contributed by atoms with Gasteiger partial charge in [0.15, 0.2) is 6.54 Å². The smallest absolute Gasteiger partial charge is 0.477 e. The van der Waals surface area contributed by atoms with Gasteiger partial charge in [0, 0.05) is 51.5 Å². The van der Waals surface area contributed by atoms with Crippen molar-refractivity contribution < 1.29 is 47.5 Å². The summed E-state index contributed by atoms with van der Waals surface area (Å²) in [5.41, 5.74) is 2.27. The maximum Gasteiger partial charge on any atom is 0.490 e. The first-order valence-electron chi connectivity index (χ1n) is 12.2. The zero-order chi connectivity index (χ0) is 29.2. The molecule has 1 saturated heterocycles. The first kappa shape index (κ1) is 28.8. The lowest BCUT2D eigenvalue weighted by Gasteiger charge is -2.31. The number of quaternary nitrogens is 1. The lowest BCUT2D eigenvalue weighted by Crippen LogP contribution is -3.14. The number of benzene rings is 3. The van der Waals surface area contributed by atoms with Gasteiger partial charge in [-0.15, -0.1) is 0 Å². The summed E-state index contributed by atoms with van der Waals surface area (Å²) in [5, 5.41) is 21.6. The minimum absolute atomic E-state index is 0.140. The van der Waals surface area contributed by atoms with E-state index in [1.807, 2.05) is 18.2 Å². The molecule has 2 heterocycles. The number of carbonyl (C=O) groups is 4. The number of imide groups is 1. The normalized spacial score (nSPS) is 18.6. The summed E-state index contributed by atoms with van der Waals surface area (Å²) < 4.78 is 31.7. The van der Waals surface area contributed by atoms with Crippen LogP contribution in [0.4, 0.5) is 24.5 Å². The molecule has 2 amide bonds. The molecule has 5 rings (SSSR count). The molecule has 0 unspecified atom stereocenters. The number of alkyl halides is 3. The van der Waals surface area contributed by atoms with Gasteiger partial charge >= 0.3 is 18.1 Å². The highest BCUT2D eigenvalue weighted by Gasteiger charge is 2.38. The zero-order valence-corrected chi connectivity index (χ0v) is 21.6. The molecule has 0 aromatic heterocycles. The SMILES string of the molecule is O=C(O)C(F)(F)F.O=C(O)C[NH+]1CCC(Nc2ccc3c4c(cccc24)C(=O)N(c2cccc(Cl)c2)C3=O)CC1. The third-order valence-electron chi connectivity index (χ3n) is 6.67. The quantitative estimate of drug-likeness (QED) is 0.341. The van der Waals surface area contributed by atoms with Gasteiger partial charge in [-0.25, -0.2) is 14.5 Å². The van der Waals surface area contributed by atoms with Crippen molar-refractivity contribution in [3.63, 3.8) is 0 Å². The highest BCUT2D eigenvalue weighted by Crippen LogP contribution is 2.37. The summed E-state index contributed by atoms with van der Waals surface area (Å²) in [6, 6.07) is 16.1. The second-order valence-corrected chi connectivity index (χ2v) is 9.79. The first-order valence-corrected chi connectivity index (χ1v) is 12.6. The molecule has 9 nitrogen and oxygen atoms in total. The van der Waals surface area contributed by atoms with Crippen LogP contribution in [0.2, 0.25) is 5.02 Å². The number of hydrogen-bond donors (Lipinski definition) is 4. The lowest BCUT2D eigenvalue weighted by molar-refractivity contribution is -0.897. The van der Waals surface area contributed by atoms with Crippen LogP contribution in [0.3, 0.4) is 0 Å². The molecule has 3 aromatic rings. The number of amides is 2. The Bertz CT molecular complexity index is 1470. The predicted molar refractivity (Wildman–Crippen MR) is 140 cm³/mol. The van der Waals surface area contributed by atoms with Crippen molar-refractivity contribution in [1.29, 1.82) is 0 Å². The zero-order valence-electron chi connectivity index (χ0n) is 20.8. The number of aliphatic carboxylic acids is 2. The molecule has 0 aliphatic carbocycles. The minimum atomic E-state index is -5.08. The number of likely N-dealkylation sites (tertiary alicyclic amines) is 1. The number of rotatable bonds is 5. The predicted octanol–water partition coefficient (Wildman–Crippen LogP) is 3.47. The standard InChI is InChI=1S/C25H22ClN3O4.C2HF3O2/c26-15-3-1-4-17(13-15)29-24(32)19-6-2-5-18-21(8-7-20(23(18)19)25(29)33)27-16-9-11-28(12-10-16)14-22(30)31;3-2(4,5)1(6)7/h1-8,13,16,27H,9-12,14H2,(H,30,31);(H,6,7)/p+1. The second kappa shape index (κ2) is 11.5. The van der Waals surface area contributed by atoms with Crippen molar-refractivity contribution in [3.05, 3.63) is 70.7 Å². The number of halogens is 4. The highest BCUT2D eigenvalue weighted by molar-refractivity contribution is 6.37.